The average molecular weight is 545 g/mol. The molecule has 0 aliphatic heterocycles. The Morgan fingerprint density at radius 2 is 1.79 bits per heavy atom. The van der Waals surface area contributed by atoms with Gasteiger partial charge in [0.05, 0.1) is 29.2 Å². The number of aromatic amines is 1. The Morgan fingerprint density at radius 1 is 1.10 bits per heavy atom. The molecule has 3 N–H and O–H groups in total. The van der Waals surface area contributed by atoms with Crippen molar-refractivity contribution in [1.29, 1.82) is 0 Å². The lowest BCUT2D eigenvalue weighted by Gasteiger charge is -2.18. The normalized spacial score (nSPS) is 11.9. The Bertz CT molecular complexity index is 1490. The first-order chi connectivity index (χ1) is 18.6. The zero-order valence-electron chi connectivity index (χ0n) is 23.1. The molecule has 0 bridgehead atoms. The van der Waals surface area contributed by atoms with Gasteiger partial charge in [0, 0.05) is 5.56 Å². The summed E-state index contributed by atoms with van der Waals surface area (Å²) in [6, 6.07) is 21.6. The number of phenols is 1. The summed E-state index contributed by atoms with van der Waals surface area (Å²) in [6.07, 6.45) is 0. The number of thioether (sulfide) groups is 1. The zero-order valence-corrected chi connectivity index (χ0v) is 23.9. The number of aromatic nitrogens is 3. The average Bonchev–Trinajstić information content (AvgIpc) is 3.34. The maximum Gasteiger partial charge on any atom is 0.342 e. The summed E-state index contributed by atoms with van der Waals surface area (Å²) >= 11 is 1.32. The molecule has 4 rings (SSSR count). The van der Waals surface area contributed by atoms with E-state index >= 15 is 0 Å². The maximum absolute atomic E-state index is 12.7. The summed E-state index contributed by atoms with van der Waals surface area (Å²) in [5.41, 5.74) is 8.33. The topological polar surface area (TPSA) is 103 Å². The first-order valence-electron chi connectivity index (χ1n) is 12.6. The van der Waals surface area contributed by atoms with Crippen LogP contribution < -0.4 is 14.7 Å². The molecular formula is C30H34N5O3S+. The minimum absolute atomic E-state index is 0.0416. The van der Waals surface area contributed by atoms with Crippen LogP contribution in [0.25, 0.3) is 17.1 Å². The van der Waals surface area contributed by atoms with E-state index in [1.807, 2.05) is 23.6 Å². The summed E-state index contributed by atoms with van der Waals surface area (Å²) in [7, 11) is 1.48. The third kappa shape index (κ3) is 6.67. The van der Waals surface area contributed by atoms with Gasteiger partial charge in [0.2, 0.25) is 0 Å². The van der Waals surface area contributed by atoms with Crippen molar-refractivity contribution >= 4 is 23.4 Å². The second-order valence-electron chi connectivity index (χ2n) is 10.3. The quantitative estimate of drug-likeness (QED) is 0.121. The number of hydrogen-bond acceptors (Lipinski definition) is 6. The van der Waals surface area contributed by atoms with E-state index in [0.29, 0.717) is 16.6 Å². The molecule has 202 valence electrons. The molecular weight excluding hydrogens is 510 g/mol. The van der Waals surface area contributed by atoms with E-state index in [9.17, 15) is 9.90 Å². The smallest absolute Gasteiger partial charge is 0.342 e. The van der Waals surface area contributed by atoms with Crippen LogP contribution in [0.15, 0.2) is 77.0 Å². The van der Waals surface area contributed by atoms with Crippen LogP contribution in [0.3, 0.4) is 0 Å². The summed E-state index contributed by atoms with van der Waals surface area (Å²) in [6.45, 7) is 10.4. The Kier molecular flexibility index (Phi) is 8.40. The number of nitrogens with one attached hydrogen (secondary N) is 2. The SMILES string of the molecule is COc1cc(C(C)=NNC(=O)CSc2n[nH]c(-c3ccc(C(C)(C)C)cc3)[n+]2-c2ccc(C)cc2)ccc1O. The summed E-state index contributed by atoms with van der Waals surface area (Å²) < 4.78 is 7.18. The number of amides is 1. The molecule has 39 heavy (non-hydrogen) atoms. The van der Waals surface area contributed by atoms with E-state index in [-0.39, 0.29) is 22.8 Å². The fraction of sp³-hybridized carbons (Fsp3) is 0.267. The molecule has 1 aromatic heterocycles. The van der Waals surface area contributed by atoms with Crippen LogP contribution in [-0.2, 0) is 10.2 Å². The third-order valence-corrected chi connectivity index (χ3v) is 7.21. The molecule has 0 atom stereocenters. The standard InChI is InChI=1S/C30H33N5O3S/c1-19-7-14-24(15-8-19)35-28(21-9-12-23(13-10-21)30(3,4)5)33-34-29(35)39-18-27(37)32-31-20(2)22-11-16-25(36)26(17-22)38-6/h7-17H,18H2,1-6H3,(H2,31,32,36,37)/p+1. The van der Waals surface area contributed by atoms with Crippen molar-refractivity contribution in [2.45, 2.75) is 45.2 Å². The molecule has 0 aliphatic rings. The van der Waals surface area contributed by atoms with Crippen LogP contribution in [-0.4, -0.2) is 39.8 Å². The van der Waals surface area contributed by atoms with Gasteiger partial charge < -0.3 is 9.84 Å². The van der Waals surface area contributed by atoms with E-state index in [2.05, 4.69) is 77.9 Å². The van der Waals surface area contributed by atoms with Crippen molar-refractivity contribution in [3.63, 3.8) is 0 Å². The van der Waals surface area contributed by atoms with Crippen molar-refractivity contribution in [2.24, 2.45) is 5.10 Å². The number of hydrogen-bond donors (Lipinski definition) is 3. The predicted molar refractivity (Wildman–Crippen MR) is 155 cm³/mol. The Morgan fingerprint density at radius 3 is 2.44 bits per heavy atom. The van der Waals surface area contributed by atoms with Gasteiger partial charge in [-0.1, -0.05) is 50.6 Å². The van der Waals surface area contributed by atoms with Gasteiger partial charge in [0.25, 0.3) is 11.7 Å². The van der Waals surface area contributed by atoms with Gasteiger partial charge in [-0.2, -0.15) is 9.67 Å². The highest BCUT2D eigenvalue weighted by Gasteiger charge is 2.25. The monoisotopic (exact) mass is 544 g/mol. The summed E-state index contributed by atoms with van der Waals surface area (Å²) in [5, 5.41) is 22.4. The van der Waals surface area contributed by atoms with E-state index < -0.39 is 0 Å². The summed E-state index contributed by atoms with van der Waals surface area (Å²) in [4.78, 5) is 12.7. The van der Waals surface area contributed by atoms with Gasteiger partial charge in [0.1, 0.15) is 5.69 Å². The molecule has 9 heteroatoms. The van der Waals surface area contributed by atoms with Crippen molar-refractivity contribution in [1.82, 2.24) is 15.6 Å². The minimum Gasteiger partial charge on any atom is -0.504 e. The number of ether oxygens (including phenoxy) is 1. The molecule has 4 aromatic rings. The van der Waals surface area contributed by atoms with Crippen LogP contribution in [0.4, 0.5) is 0 Å². The van der Waals surface area contributed by atoms with Crippen LogP contribution in [0.5, 0.6) is 11.5 Å². The number of aromatic hydroxyl groups is 1. The fourth-order valence-corrected chi connectivity index (χ4v) is 4.68. The number of H-pyrrole nitrogens is 1. The van der Waals surface area contributed by atoms with Gasteiger partial charge >= 0.3 is 5.16 Å². The zero-order chi connectivity index (χ0) is 28.2. The molecule has 1 amide bonds. The molecule has 0 fully saturated rings. The Balaban J connectivity index is 1.54. The lowest BCUT2D eigenvalue weighted by molar-refractivity contribution is -0.625. The van der Waals surface area contributed by atoms with Gasteiger partial charge in [0.15, 0.2) is 11.5 Å². The van der Waals surface area contributed by atoms with E-state index in [1.54, 1.807) is 19.1 Å². The Hall–Kier alpha value is -4.11. The van der Waals surface area contributed by atoms with Crippen LogP contribution in [0.2, 0.25) is 0 Å². The second-order valence-corrected chi connectivity index (χ2v) is 11.2. The predicted octanol–water partition coefficient (Wildman–Crippen LogP) is 5.31. The number of rotatable bonds is 8. The van der Waals surface area contributed by atoms with Gasteiger partial charge in [-0.3, -0.25) is 4.79 Å². The highest BCUT2D eigenvalue weighted by atomic mass is 32.2. The van der Waals surface area contributed by atoms with Crippen molar-refractivity contribution in [3.05, 3.63) is 83.4 Å². The van der Waals surface area contributed by atoms with Gasteiger partial charge in [-0.15, -0.1) is 5.10 Å². The number of phenolic OH excluding ortho intramolecular Hbond substituents is 1. The molecule has 0 unspecified atom stereocenters. The molecule has 0 spiro atoms. The number of aryl methyl sites for hydroxylation is 1. The lowest BCUT2D eigenvalue weighted by Crippen LogP contribution is -2.34. The lowest BCUT2D eigenvalue weighted by atomic mass is 9.87. The highest BCUT2D eigenvalue weighted by Crippen LogP contribution is 2.27. The molecule has 0 saturated heterocycles. The number of nitrogens with zero attached hydrogens (tertiary/aromatic N) is 3. The van der Waals surface area contributed by atoms with Crippen LogP contribution in [0, 0.1) is 6.92 Å². The van der Waals surface area contributed by atoms with Crippen LogP contribution in [0.1, 0.15) is 44.4 Å². The molecule has 0 saturated carbocycles. The van der Waals surface area contributed by atoms with Gasteiger partial charge in [-0.05, 0) is 79.1 Å². The summed E-state index contributed by atoms with van der Waals surface area (Å²) in [5.74, 6) is 1.07. The molecule has 0 aliphatic carbocycles. The Labute approximate surface area is 233 Å². The van der Waals surface area contributed by atoms with Crippen LogP contribution >= 0.6 is 11.8 Å². The highest BCUT2D eigenvalue weighted by molar-refractivity contribution is 7.99. The van der Waals surface area contributed by atoms with Gasteiger partial charge in [-0.25, -0.2) is 5.43 Å². The van der Waals surface area contributed by atoms with E-state index in [4.69, 9.17) is 4.74 Å². The minimum atomic E-state index is -0.264. The number of methoxy groups -OCH3 is 1. The second kappa shape index (κ2) is 11.7. The molecule has 8 nitrogen and oxygen atoms in total. The fourth-order valence-electron chi connectivity index (χ4n) is 3.92. The third-order valence-electron chi connectivity index (χ3n) is 6.27. The molecule has 0 radical (unpaired) electrons. The largest absolute Gasteiger partial charge is 0.504 e. The number of benzene rings is 3. The first-order valence-corrected chi connectivity index (χ1v) is 13.6. The van der Waals surface area contributed by atoms with Crippen molar-refractivity contribution in [2.75, 3.05) is 12.9 Å². The van der Waals surface area contributed by atoms with E-state index in [1.165, 1.54) is 30.5 Å². The molecule has 1 heterocycles. The first kappa shape index (κ1) is 27.9. The van der Waals surface area contributed by atoms with Crippen molar-refractivity contribution < 1.29 is 19.2 Å². The maximum atomic E-state index is 12.7. The number of carbonyl (C=O) groups is 1. The molecule has 3 aromatic carbocycles. The van der Waals surface area contributed by atoms with Crippen molar-refractivity contribution in [3.8, 4) is 28.6 Å². The van der Waals surface area contributed by atoms with E-state index in [0.717, 1.165) is 28.2 Å². The number of hydrazone groups is 1. The number of carbonyl (C=O) groups excluding carboxylic acids is 1.